The average Bonchev–Trinajstić information content (AvgIpc) is 2.85. The molecule has 1 heterocycles. The van der Waals surface area contributed by atoms with Crippen molar-refractivity contribution >= 4 is 27.7 Å². The van der Waals surface area contributed by atoms with Crippen LogP contribution >= 0.6 is 27.7 Å². The predicted octanol–water partition coefficient (Wildman–Crippen LogP) is 3.29. The lowest BCUT2D eigenvalue weighted by Gasteiger charge is -2.04. The smallest absolute Gasteiger partial charge is 0.264 e. The lowest BCUT2D eigenvalue weighted by Crippen LogP contribution is -2.20. The van der Waals surface area contributed by atoms with Crippen LogP contribution in [0.15, 0.2) is 38.2 Å². The topological polar surface area (TPSA) is 59.2 Å². The summed E-state index contributed by atoms with van der Waals surface area (Å²) in [5.74, 6) is 0.874. The van der Waals surface area contributed by atoms with Crippen LogP contribution in [0, 0.1) is 0 Å². The number of aromatic nitrogens is 2. The molecule has 1 aromatic carbocycles. The Kier molecular flexibility index (Phi) is 5.50. The van der Waals surface area contributed by atoms with Crippen LogP contribution in [0.25, 0.3) is 0 Å². The molecule has 8 heteroatoms. The Balaban J connectivity index is 1.92. The Bertz CT molecular complexity index is 568. The standard InChI is InChI=1S/C12H11BrF2N2O2S/c13-7-3-1-2-4-9(7)20-6-10-16-11(19-17-10)5-8(18)12(14)15/h1-4,8,12,18H,5-6H2. The summed E-state index contributed by atoms with van der Waals surface area (Å²) in [4.78, 5) is 4.99. The molecule has 0 bridgehead atoms. The van der Waals surface area contributed by atoms with Gasteiger partial charge in [0.25, 0.3) is 6.43 Å². The first-order valence-electron chi connectivity index (χ1n) is 5.71. The fourth-order valence-electron chi connectivity index (χ4n) is 1.40. The molecular weight excluding hydrogens is 354 g/mol. The van der Waals surface area contributed by atoms with Crippen molar-refractivity contribution < 1.29 is 18.4 Å². The highest BCUT2D eigenvalue weighted by atomic mass is 79.9. The molecule has 2 aromatic rings. The van der Waals surface area contributed by atoms with E-state index < -0.39 is 12.5 Å². The first-order chi connectivity index (χ1) is 9.56. The maximum atomic E-state index is 12.2. The van der Waals surface area contributed by atoms with E-state index in [1.165, 1.54) is 11.8 Å². The summed E-state index contributed by atoms with van der Waals surface area (Å²) in [6, 6.07) is 7.68. The highest BCUT2D eigenvalue weighted by molar-refractivity contribution is 9.10. The molecule has 0 saturated carbocycles. The van der Waals surface area contributed by atoms with Crippen LogP contribution in [-0.4, -0.2) is 27.8 Å². The largest absolute Gasteiger partial charge is 0.387 e. The van der Waals surface area contributed by atoms with Crippen LogP contribution in [0.3, 0.4) is 0 Å². The summed E-state index contributed by atoms with van der Waals surface area (Å²) in [6.07, 6.45) is -4.94. The SMILES string of the molecule is OC(Cc1nc(CSc2ccccc2Br)no1)C(F)F. The van der Waals surface area contributed by atoms with Gasteiger partial charge in [0, 0.05) is 9.37 Å². The van der Waals surface area contributed by atoms with Gasteiger partial charge >= 0.3 is 0 Å². The van der Waals surface area contributed by atoms with Crippen molar-refractivity contribution in [1.82, 2.24) is 10.1 Å². The van der Waals surface area contributed by atoms with Crippen molar-refractivity contribution in [2.75, 3.05) is 0 Å². The van der Waals surface area contributed by atoms with E-state index in [0.29, 0.717) is 11.6 Å². The molecule has 4 nitrogen and oxygen atoms in total. The molecule has 2 rings (SSSR count). The zero-order valence-corrected chi connectivity index (χ0v) is 12.6. The number of halogens is 3. The van der Waals surface area contributed by atoms with Gasteiger partial charge in [0.1, 0.15) is 6.10 Å². The molecule has 0 aliphatic carbocycles. The van der Waals surface area contributed by atoms with Crippen molar-refractivity contribution in [3.05, 3.63) is 40.5 Å². The van der Waals surface area contributed by atoms with Crippen LogP contribution in [0.2, 0.25) is 0 Å². The van der Waals surface area contributed by atoms with Crippen molar-refractivity contribution in [2.24, 2.45) is 0 Å². The van der Waals surface area contributed by atoms with Crippen LogP contribution in [0.4, 0.5) is 8.78 Å². The van der Waals surface area contributed by atoms with Gasteiger partial charge in [-0.3, -0.25) is 0 Å². The number of hydrogen-bond acceptors (Lipinski definition) is 5. The number of thioether (sulfide) groups is 1. The summed E-state index contributed by atoms with van der Waals surface area (Å²) in [5, 5.41) is 12.7. The Labute approximate surface area is 126 Å². The lowest BCUT2D eigenvalue weighted by molar-refractivity contribution is -0.00754. The molecule has 0 radical (unpaired) electrons. The summed E-state index contributed by atoms with van der Waals surface area (Å²) in [6.45, 7) is 0. The van der Waals surface area contributed by atoms with E-state index in [4.69, 9.17) is 9.63 Å². The zero-order chi connectivity index (χ0) is 14.5. The maximum Gasteiger partial charge on any atom is 0.264 e. The molecule has 1 N–H and O–H groups in total. The second-order valence-electron chi connectivity index (χ2n) is 3.93. The summed E-state index contributed by atoms with van der Waals surface area (Å²) < 4.78 is 30.2. The van der Waals surface area contributed by atoms with Gasteiger partial charge in [0.2, 0.25) is 5.89 Å². The second-order valence-corrected chi connectivity index (χ2v) is 5.80. The third kappa shape index (κ3) is 4.26. The number of rotatable bonds is 6. The monoisotopic (exact) mass is 364 g/mol. The van der Waals surface area contributed by atoms with Gasteiger partial charge in [-0.25, -0.2) is 8.78 Å². The number of alkyl halides is 2. The van der Waals surface area contributed by atoms with Gasteiger partial charge in [-0.2, -0.15) is 4.98 Å². The van der Waals surface area contributed by atoms with Crippen molar-refractivity contribution in [3.63, 3.8) is 0 Å². The quantitative estimate of drug-likeness (QED) is 0.797. The molecule has 0 spiro atoms. The van der Waals surface area contributed by atoms with Gasteiger partial charge in [0.05, 0.1) is 12.2 Å². The zero-order valence-electron chi connectivity index (χ0n) is 10.2. The lowest BCUT2D eigenvalue weighted by atomic mass is 10.2. The molecule has 0 saturated heterocycles. The first-order valence-corrected chi connectivity index (χ1v) is 7.49. The van der Waals surface area contributed by atoms with Gasteiger partial charge < -0.3 is 9.63 Å². The van der Waals surface area contributed by atoms with Gasteiger partial charge in [-0.05, 0) is 28.1 Å². The molecular formula is C12H11BrF2N2O2S. The average molecular weight is 365 g/mol. The summed E-state index contributed by atoms with van der Waals surface area (Å²) in [7, 11) is 0. The summed E-state index contributed by atoms with van der Waals surface area (Å²) in [5.41, 5.74) is 0. The maximum absolute atomic E-state index is 12.2. The molecule has 1 atom stereocenters. The Morgan fingerprint density at radius 3 is 2.80 bits per heavy atom. The molecule has 1 unspecified atom stereocenters. The highest BCUT2D eigenvalue weighted by Gasteiger charge is 2.20. The molecule has 0 aliphatic rings. The van der Waals surface area contributed by atoms with E-state index in [2.05, 4.69) is 26.1 Å². The van der Waals surface area contributed by atoms with Crippen molar-refractivity contribution in [2.45, 2.75) is 29.6 Å². The number of benzene rings is 1. The predicted molar refractivity (Wildman–Crippen MR) is 73.7 cm³/mol. The molecule has 20 heavy (non-hydrogen) atoms. The van der Waals surface area contributed by atoms with Gasteiger partial charge in [0.15, 0.2) is 5.82 Å². The number of nitrogens with zero attached hydrogens (tertiary/aromatic N) is 2. The number of hydrogen-bond donors (Lipinski definition) is 1. The molecule has 0 amide bonds. The number of aliphatic hydroxyl groups is 1. The minimum atomic E-state index is -2.82. The molecule has 1 aromatic heterocycles. The van der Waals surface area contributed by atoms with Crippen molar-refractivity contribution in [1.29, 1.82) is 0 Å². The van der Waals surface area contributed by atoms with E-state index in [0.717, 1.165) is 9.37 Å². The molecule has 108 valence electrons. The second kappa shape index (κ2) is 7.14. The highest BCUT2D eigenvalue weighted by Crippen LogP contribution is 2.29. The van der Waals surface area contributed by atoms with Crippen LogP contribution in [0.5, 0.6) is 0 Å². The summed E-state index contributed by atoms with van der Waals surface area (Å²) >= 11 is 4.92. The Morgan fingerprint density at radius 1 is 1.35 bits per heavy atom. The van der Waals surface area contributed by atoms with Crippen LogP contribution < -0.4 is 0 Å². The minimum absolute atomic E-state index is 0.0144. The van der Waals surface area contributed by atoms with Crippen LogP contribution in [-0.2, 0) is 12.2 Å². The fraction of sp³-hybridized carbons (Fsp3) is 0.333. The van der Waals surface area contributed by atoms with E-state index >= 15 is 0 Å². The van der Waals surface area contributed by atoms with Gasteiger partial charge in [-0.15, -0.1) is 11.8 Å². The third-order valence-corrected chi connectivity index (χ3v) is 4.40. The Hall–Kier alpha value is -0.990. The van der Waals surface area contributed by atoms with Crippen LogP contribution in [0.1, 0.15) is 11.7 Å². The number of aliphatic hydroxyl groups excluding tert-OH is 1. The van der Waals surface area contributed by atoms with E-state index in [-0.39, 0.29) is 12.3 Å². The Morgan fingerprint density at radius 2 is 2.10 bits per heavy atom. The molecule has 0 fully saturated rings. The molecule has 0 aliphatic heterocycles. The van der Waals surface area contributed by atoms with E-state index in [1.54, 1.807) is 0 Å². The normalized spacial score (nSPS) is 12.8. The van der Waals surface area contributed by atoms with Crippen molar-refractivity contribution in [3.8, 4) is 0 Å². The van der Waals surface area contributed by atoms with Gasteiger partial charge in [-0.1, -0.05) is 17.3 Å². The minimum Gasteiger partial charge on any atom is -0.387 e. The third-order valence-electron chi connectivity index (χ3n) is 2.38. The van der Waals surface area contributed by atoms with E-state index in [9.17, 15) is 8.78 Å². The fourth-order valence-corrected chi connectivity index (χ4v) is 2.81. The van der Waals surface area contributed by atoms with E-state index in [1.807, 2.05) is 24.3 Å². The first kappa shape index (κ1) is 15.4.